The lowest BCUT2D eigenvalue weighted by atomic mass is 9.96. The second-order valence-corrected chi connectivity index (χ2v) is 7.42. The molecule has 0 amide bonds. The van der Waals surface area contributed by atoms with E-state index in [1.165, 1.54) is 22.9 Å². The Hall–Kier alpha value is -0.300. The van der Waals surface area contributed by atoms with Crippen LogP contribution in [-0.2, 0) is 5.41 Å². The summed E-state index contributed by atoms with van der Waals surface area (Å²) in [5.74, 6) is 0.871. The standard InChI is InChI=1S/C16H24BrN3.HI/c1-15(2,3)20-14(18-4)19-11-16(9-10-16)12-7-5-6-8-13(12)17;/h5-8H,9-11H2,1-4H3,(H2,18,19,20);1H. The first-order valence-electron chi connectivity index (χ1n) is 7.10. The highest BCUT2D eigenvalue weighted by molar-refractivity contribution is 14.0. The minimum Gasteiger partial charge on any atom is -0.356 e. The molecule has 5 heteroatoms. The fourth-order valence-corrected chi connectivity index (χ4v) is 3.08. The molecule has 1 aliphatic carbocycles. The van der Waals surface area contributed by atoms with E-state index < -0.39 is 0 Å². The lowest BCUT2D eigenvalue weighted by molar-refractivity contribution is 0.497. The third kappa shape index (κ3) is 5.13. The van der Waals surface area contributed by atoms with Crippen molar-refractivity contribution in [2.75, 3.05) is 13.6 Å². The topological polar surface area (TPSA) is 36.4 Å². The van der Waals surface area contributed by atoms with Gasteiger partial charge in [-0.15, -0.1) is 24.0 Å². The van der Waals surface area contributed by atoms with Gasteiger partial charge < -0.3 is 10.6 Å². The van der Waals surface area contributed by atoms with Crippen LogP contribution in [0.3, 0.4) is 0 Å². The summed E-state index contributed by atoms with van der Waals surface area (Å²) >= 11 is 3.67. The predicted octanol–water partition coefficient (Wildman–Crippen LogP) is 4.06. The van der Waals surface area contributed by atoms with Crippen molar-refractivity contribution in [1.29, 1.82) is 0 Å². The van der Waals surface area contributed by atoms with Gasteiger partial charge in [0.15, 0.2) is 5.96 Å². The minimum atomic E-state index is 0. The number of rotatable bonds is 3. The monoisotopic (exact) mass is 465 g/mol. The number of nitrogens with zero attached hydrogens (tertiary/aromatic N) is 1. The quantitative estimate of drug-likeness (QED) is 0.401. The third-order valence-corrected chi connectivity index (χ3v) is 4.30. The minimum absolute atomic E-state index is 0. The molecule has 3 nitrogen and oxygen atoms in total. The van der Waals surface area contributed by atoms with E-state index in [9.17, 15) is 0 Å². The number of nitrogens with one attached hydrogen (secondary N) is 2. The lowest BCUT2D eigenvalue weighted by Gasteiger charge is -2.26. The van der Waals surface area contributed by atoms with Gasteiger partial charge in [0.05, 0.1) is 0 Å². The molecule has 1 aromatic rings. The van der Waals surface area contributed by atoms with Crippen LogP contribution >= 0.6 is 39.9 Å². The summed E-state index contributed by atoms with van der Waals surface area (Å²) in [5.41, 5.74) is 1.68. The van der Waals surface area contributed by atoms with Gasteiger partial charge in [-0.25, -0.2) is 0 Å². The second kappa shape index (κ2) is 7.31. The van der Waals surface area contributed by atoms with Crippen LogP contribution in [0.25, 0.3) is 0 Å². The van der Waals surface area contributed by atoms with Crippen molar-refractivity contribution < 1.29 is 0 Å². The largest absolute Gasteiger partial charge is 0.356 e. The Morgan fingerprint density at radius 3 is 2.38 bits per heavy atom. The lowest BCUT2D eigenvalue weighted by Crippen LogP contribution is -2.49. The van der Waals surface area contributed by atoms with E-state index in [-0.39, 0.29) is 34.9 Å². The number of hydrogen-bond acceptors (Lipinski definition) is 1. The maximum atomic E-state index is 4.30. The summed E-state index contributed by atoms with van der Waals surface area (Å²) in [7, 11) is 1.82. The summed E-state index contributed by atoms with van der Waals surface area (Å²) in [6.07, 6.45) is 2.46. The van der Waals surface area contributed by atoms with E-state index in [1.807, 2.05) is 7.05 Å². The smallest absolute Gasteiger partial charge is 0.191 e. The van der Waals surface area contributed by atoms with E-state index in [1.54, 1.807) is 0 Å². The third-order valence-electron chi connectivity index (χ3n) is 3.61. The molecule has 0 bridgehead atoms. The highest BCUT2D eigenvalue weighted by Gasteiger charge is 2.45. The van der Waals surface area contributed by atoms with Gasteiger partial charge in [-0.3, -0.25) is 4.99 Å². The van der Waals surface area contributed by atoms with Crippen LogP contribution in [0, 0.1) is 0 Å². The van der Waals surface area contributed by atoms with Gasteiger partial charge in [0.1, 0.15) is 0 Å². The number of benzene rings is 1. The average Bonchev–Trinajstić information content (AvgIpc) is 3.15. The molecule has 0 saturated heterocycles. The molecule has 1 fully saturated rings. The second-order valence-electron chi connectivity index (χ2n) is 6.56. The first kappa shape index (κ1) is 18.7. The Labute approximate surface area is 153 Å². The Balaban J connectivity index is 0.00000220. The maximum absolute atomic E-state index is 4.30. The van der Waals surface area contributed by atoms with Crippen LogP contribution in [0.15, 0.2) is 33.7 Å². The zero-order valence-electron chi connectivity index (χ0n) is 13.2. The molecule has 1 aliphatic rings. The fourth-order valence-electron chi connectivity index (χ4n) is 2.37. The van der Waals surface area contributed by atoms with Gasteiger partial charge in [0, 0.05) is 29.0 Å². The fraction of sp³-hybridized carbons (Fsp3) is 0.562. The van der Waals surface area contributed by atoms with Gasteiger partial charge in [-0.1, -0.05) is 34.1 Å². The van der Waals surface area contributed by atoms with Gasteiger partial charge in [0.2, 0.25) is 0 Å². The summed E-state index contributed by atoms with van der Waals surface area (Å²) in [5, 5.41) is 6.87. The first-order chi connectivity index (χ1) is 9.36. The summed E-state index contributed by atoms with van der Waals surface area (Å²) in [6, 6.07) is 8.52. The number of aliphatic imine (C=N–C) groups is 1. The number of guanidine groups is 1. The molecule has 1 aromatic carbocycles. The zero-order valence-corrected chi connectivity index (χ0v) is 17.1. The highest BCUT2D eigenvalue weighted by Crippen LogP contribution is 2.49. The SMILES string of the molecule is CN=C(NCC1(c2ccccc2Br)CC1)NC(C)(C)C.I. The van der Waals surface area contributed by atoms with Crippen molar-refractivity contribution >= 4 is 45.9 Å². The zero-order chi connectivity index (χ0) is 14.8. The van der Waals surface area contributed by atoms with Crippen LogP contribution in [0.4, 0.5) is 0 Å². The van der Waals surface area contributed by atoms with Crippen LogP contribution < -0.4 is 10.6 Å². The Morgan fingerprint density at radius 1 is 1.29 bits per heavy atom. The van der Waals surface area contributed by atoms with Crippen molar-refractivity contribution in [3.8, 4) is 0 Å². The van der Waals surface area contributed by atoms with Crippen molar-refractivity contribution in [3.05, 3.63) is 34.3 Å². The molecule has 21 heavy (non-hydrogen) atoms. The predicted molar refractivity (Wildman–Crippen MR) is 105 cm³/mol. The molecule has 0 radical (unpaired) electrons. The molecular weight excluding hydrogens is 441 g/mol. The van der Waals surface area contributed by atoms with Crippen molar-refractivity contribution in [3.63, 3.8) is 0 Å². The van der Waals surface area contributed by atoms with E-state index in [0.717, 1.165) is 12.5 Å². The van der Waals surface area contributed by atoms with Crippen molar-refractivity contribution in [2.45, 2.75) is 44.6 Å². The first-order valence-corrected chi connectivity index (χ1v) is 7.89. The van der Waals surface area contributed by atoms with E-state index in [0.29, 0.717) is 0 Å². The van der Waals surface area contributed by atoms with Gasteiger partial charge in [-0.2, -0.15) is 0 Å². The van der Waals surface area contributed by atoms with Crippen molar-refractivity contribution in [2.24, 2.45) is 4.99 Å². The molecule has 2 N–H and O–H groups in total. The molecule has 0 spiro atoms. The normalized spacial score (nSPS) is 16.9. The molecule has 0 unspecified atom stereocenters. The molecule has 118 valence electrons. The van der Waals surface area contributed by atoms with E-state index >= 15 is 0 Å². The number of halogens is 2. The van der Waals surface area contributed by atoms with Crippen molar-refractivity contribution in [1.82, 2.24) is 10.6 Å². The van der Waals surface area contributed by atoms with Gasteiger partial charge in [0.25, 0.3) is 0 Å². The molecule has 0 heterocycles. The summed E-state index contributed by atoms with van der Waals surface area (Å²) in [4.78, 5) is 4.30. The van der Waals surface area contributed by atoms with Gasteiger partial charge in [-0.05, 0) is 45.2 Å². The van der Waals surface area contributed by atoms with Crippen LogP contribution in [0.2, 0.25) is 0 Å². The van der Waals surface area contributed by atoms with E-state index in [4.69, 9.17) is 0 Å². The maximum Gasteiger partial charge on any atom is 0.191 e. The summed E-state index contributed by atoms with van der Waals surface area (Å²) in [6.45, 7) is 7.34. The average molecular weight is 466 g/mol. The highest BCUT2D eigenvalue weighted by atomic mass is 127. The van der Waals surface area contributed by atoms with Crippen LogP contribution in [0.1, 0.15) is 39.2 Å². The molecule has 1 saturated carbocycles. The molecular formula is C16H25BrIN3. The molecule has 0 aliphatic heterocycles. The van der Waals surface area contributed by atoms with Gasteiger partial charge >= 0.3 is 0 Å². The molecule has 2 rings (SSSR count). The Bertz CT molecular complexity index is 504. The Kier molecular flexibility index (Phi) is 6.53. The number of hydrogen-bond donors (Lipinski definition) is 2. The van der Waals surface area contributed by atoms with E-state index in [2.05, 4.69) is 76.6 Å². The molecule has 0 atom stereocenters. The summed E-state index contributed by atoms with van der Waals surface area (Å²) < 4.78 is 1.21. The van der Waals surface area contributed by atoms with Crippen LogP contribution in [0.5, 0.6) is 0 Å². The molecule has 0 aromatic heterocycles. The Morgan fingerprint density at radius 2 is 1.90 bits per heavy atom. The van der Waals surface area contributed by atoms with Crippen LogP contribution in [-0.4, -0.2) is 25.1 Å².